The molecule has 2 fully saturated rings. The Kier molecular flexibility index (Phi) is 3.10. The third kappa shape index (κ3) is 2.10. The molecule has 2 heterocycles. The molecule has 0 amide bonds. The molecule has 0 aromatic rings. The number of nitrogens with one attached hydrogen (secondary N) is 1. The van der Waals surface area contributed by atoms with Crippen LogP contribution in [0.5, 0.6) is 0 Å². The van der Waals surface area contributed by atoms with E-state index < -0.39 is 0 Å². The van der Waals surface area contributed by atoms with Crippen molar-refractivity contribution in [2.24, 2.45) is 5.92 Å². The van der Waals surface area contributed by atoms with Crippen molar-refractivity contribution in [2.45, 2.75) is 25.3 Å². The Morgan fingerprint density at radius 3 is 3.00 bits per heavy atom. The third-order valence-corrected chi connectivity index (χ3v) is 3.82. The molecular formula is C11H22N2O. The minimum atomic E-state index is 0.378. The zero-order valence-corrected chi connectivity index (χ0v) is 9.38. The molecule has 2 atom stereocenters. The molecule has 3 heteroatoms. The molecule has 0 radical (unpaired) electrons. The van der Waals surface area contributed by atoms with Gasteiger partial charge in [-0.2, -0.15) is 0 Å². The zero-order valence-electron chi connectivity index (χ0n) is 9.38. The molecule has 1 N–H and O–H groups in total. The van der Waals surface area contributed by atoms with Crippen LogP contribution in [0.15, 0.2) is 0 Å². The predicted molar refractivity (Wildman–Crippen MR) is 57.4 cm³/mol. The van der Waals surface area contributed by atoms with Gasteiger partial charge in [-0.1, -0.05) is 0 Å². The van der Waals surface area contributed by atoms with E-state index in [1.807, 2.05) is 0 Å². The molecule has 0 spiro atoms. The van der Waals surface area contributed by atoms with Crippen LogP contribution in [-0.4, -0.2) is 50.3 Å². The summed E-state index contributed by atoms with van der Waals surface area (Å²) in [7, 11) is 2.26. The molecule has 0 saturated carbocycles. The van der Waals surface area contributed by atoms with E-state index in [0.717, 1.165) is 25.7 Å². The number of nitrogens with zero attached hydrogens (tertiary/aromatic N) is 1. The summed E-state index contributed by atoms with van der Waals surface area (Å²) in [6, 6.07) is 0. The summed E-state index contributed by atoms with van der Waals surface area (Å²) in [5.41, 5.74) is 0.378. The highest BCUT2D eigenvalue weighted by Gasteiger charge is 2.34. The number of rotatable bonds is 3. The molecule has 14 heavy (non-hydrogen) atoms. The lowest BCUT2D eigenvalue weighted by Gasteiger charge is -2.36. The van der Waals surface area contributed by atoms with Gasteiger partial charge in [0.1, 0.15) is 0 Å². The minimum Gasteiger partial charge on any atom is -0.381 e. The lowest BCUT2D eigenvalue weighted by atomic mass is 9.97. The van der Waals surface area contributed by atoms with E-state index in [1.165, 1.54) is 25.9 Å². The standard InChI is InChI=1S/C11H22N2O/c1-11(4-5-12-9-11)13(2)7-10-3-6-14-8-10/h10,12H,3-9H2,1-2H3. The Hall–Kier alpha value is -0.120. The largest absolute Gasteiger partial charge is 0.381 e. The summed E-state index contributed by atoms with van der Waals surface area (Å²) < 4.78 is 5.41. The van der Waals surface area contributed by atoms with Crippen LogP contribution in [0.1, 0.15) is 19.8 Å². The monoisotopic (exact) mass is 198 g/mol. The Bertz CT molecular complexity index is 184. The number of hydrogen-bond acceptors (Lipinski definition) is 3. The first-order chi connectivity index (χ1) is 6.71. The summed E-state index contributed by atoms with van der Waals surface area (Å²) >= 11 is 0. The second-order valence-electron chi connectivity index (χ2n) is 5.03. The van der Waals surface area contributed by atoms with Crippen molar-refractivity contribution in [1.29, 1.82) is 0 Å². The fraction of sp³-hybridized carbons (Fsp3) is 1.00. The first kappa shape index (κ1) is 10.4. The van der Waals surface area contributed by atoms with Crippen molar-refractivity contribution < 1.29 is 4.74 Å². The highest BCUT2D eigenvalue weighted by Crippen LogP contribution is 2.24. The first-order valence-electron chi connectivity index (χ1n) is 5.70. The Balaban J connectivity index is 1.84. The Morgan fingerprint density at radius 2 is 2.43 bits per heavy atom. The van der Waals surface area contributed by atoms with E-state index in [2.05, 4.69) is 24.2 Å². The van der Waals surface area contributed by atoms with Crippen molar-refractivity contribution in [3.63, 3.8) is 0 Å². The Morgan fingerprint density at radius 1 is 1.57 bits per heavy atom. The van der Waals surface area contributed by atoms with Crippen molar-refractivity contribution in [3.05, 3.63) is 0 Å². The number of likely N-dealkylation sites (N-methyl/N-ethyl adjacent to an activating group) is 1. The summed E-state index contributed by atoms with van der Waals surface area (Å²) in [6.07, 6.45) is 2.52. The van der Waals surface area contributed by atoms with Crippen LogP contribution in [-0.2, 0) is 4.74 Å². The summed E-state index contributed by atoms with van der Waals surface area (Å²) in [5.74, 6) is 0.762. The van der Waals surface area contributed by atoms with Gasteiger partial charge in [0.05, 0.1) is 6.61 Å². The van der Waals surface area contributed by atoms with Crippen LogP contribution in [0.4, 0.5) is 0 Å². The quantitative estimate of drug-likeness (QED) is 0.723. The van der Waals surface area contributed by atoms with Crippen LogP contribution >= 0.6 is 0 Å². The maximum Gasteiger partial charge on any atom is 0.0507 e. The van der Waals surface area contributed by atoms with Gasteiger partial charge in [0, 0.05) is 25.2 Å². The average molecular weight is 198 g/mol. The van der Waals surface area contributed by atoms with E-state index in [9.17, 15) is 0 Å². The molecule has 2 rings (SSSR count). The summed E-state index contributed by atoms with van der Waals surface area (Å²) in [4.78, 5) is 2.52. The SMILES string of the molecule is CN(CC1CCOC1)C1(C)CCNC1. The van der Waals surface area contributed by atoms with Gasteiger partial charge in [-0.25, -0.2) is 0 Å². The molecular weight excluding hydrogens is 176 g/mol. The van der Waals surface area contributed by atoms with E-state index in [1.54, 1.807) is 0 Å². The molecule has 2 saturated heterocycles. The summed E-state index contributed by atoms with van der Waals surface area (Å²) in [6.45, 7) is 7.79. The van der Waals surface area contributed by atoms with Crippen LogP contribution in [0.2, 0.25) is 0 Å². The lowest BCUT2D eigenvalue weighted by Crippen LogP contribution is -2.47. The molecule has 2 aliphatic rings. The van der Waals surface area contributed by atoms with Gasteiger partial charge in [-0.3, -0.25) is 4.90 Å². The van der Waals surface area contributed by atoms with E-state index in [4.69, 9.17) is 4.74 Å². The van der Waals surface area contributed by atoms with E-state index >= 15 is 0 Å². The normalized spacial score (nSPS) is 38.4. The van der Waals surface area contributed by atoms with Crippen LogP contribution in [0.3, 0.4) is 0 Å². The zero-order chi connectivity index (χ0) is 10.0. The van der Waals surface area contributed by atoms with Crippen LogP contribution < -0.4 is 5.32 Å². The number of hydrogen-bond donors (Lipinski definition) is 1. The Labute approximate surface area is 86.8 Å². The highest BCUT2D eigenvalue weighted by atomic mass is 16.5. The van der Waals surface area contributed by atoms with Gasteiger partial charge in [0.15, 0.2) is 0 Å². The van der Waals surface area contributed by atoms with Gasteiger partial charge in [-0.15, -0.1) is 0 Å². The van der Waals surface area contributed by atoms with E-state index in [0.29, 0.717) is 5.54 Å². The molecule has 82 valence electrons. The van der Waals surface area contributed by atoms with Crippen LogP contribution in [0, 0.1) is 5.92 Å². The van der Waals surface area contributed by atoms with Crippen LogP contribution in [0.25, 0.3) is 0 Å². The van der Waals surface area contributed by atoms with Crippen molar-refractivity contribution in [3.8, 4) is 0 Å². The second kappa shape index (κ2) is 4.17. The molecule has 3 nitrogen and oxygen atoms in total. The molecule has 0 bridgehead atoms. The highest BCUT2D eigenvalue weighted by molar-refractivity contribution is 4.93. The molecule has 0 aromatic heterocycles. The fourth-order valence-corrected chi connectivity index (χ4v) is 2.46. The van der Waals surface area contributed by atoms with Crippen molar-refractivity contribution in [2.75, 3.05) is 39.9 Å². The first-order valence-corrected chi connectivity index (χ1v) is 5.70. The molecule has 0 aliphatic carbocycles. The van der Waals surface area contributed by atoms with Crippen molar-refractivity contribution >= 4 is 0 Å². The van der Waals surface area contributed by atoms with Crippen molar-refractivity contribution in [1.82, 2.24) is 10.2 Å². The summed E-state index contributed by atoms with van der Waals surface area (Å²) in [5, 5.41) is 3.45. The maximum absolute atomic E-state index is 5.41. The third-order valence-electron chi connectivity index (χ3n) is 3.82. The van der Waals surface area contributed by atoms with Gasteiger partial charge < -0.3 is 10.1 Å². The molecule has 2 aliphatic heterocycles. The van der Waals surface area contributed by atoms with E-state index in [-0.39, 0.29) is 0 Å². The average Bonchev–Trinajstić information content (AvgIpc) is 2.76. The van der Waals surface area contributed by atoms with Gasteiger partial charge >= 0.3 is 0 Å². The number of ether oxygens (including phenoxy) is 1. The molecule has 0 aromatic carbocycles. The minimum absolute atomic E-state index is 0.378. The maximum atomic E-state index is 5.41. The smallest absolute Gasteiger partial charge is 0.0507 e. The predicted octanol–water partition coefficient (Wildman–Crippen LogP) is 0.707. The molecule has 2 unspecified atom stereocenters. The second-order valence-corrected chi connectivity index (χ2v) is 5.03. The van der Waals surface area contributed by atoms with Gasteiger partial charge in [-0.05, 0) is 39.3 Å². The van der Waals surface area contributed by atoms with Gasteiger partial charge in [0.2, 0.25) is 0 Å². The lowest BCUT2D eigenvalue weighted by molar-refractivity contribution is 0.120. The fourth-order valence-electron chi connectivity index (χ4n) is 2.46. The van der Waals surface area contributed by atoms with Gasteiger partial charge in [0.25, 0.3) is 0 Å². The topological polar surface area (TPSA) is 24.5 Å².